The van der Waals surface area contributed by atoms with Gasteiger partial charge < -0.3 is 16.5 Å². The SMILES string of the molecule is CS.N=Cc1c(N)cc(Cl)cc1C1CCNCC1. The van der Waals surface area contributed by atoms with Crippen LogP contribution < -0.4 is 11.1 Å². The summed E-state index contributed by atoms with van der Waals surface area (Å²) < 4.78 is 0. The number of hydrogen-bond acceptors (Lipinski definition) is 4. The van der Waals surface area contributed by atoms with Crippen molar-refractivity contribution in [1.82, 2.24) is 5.32 Å². The molecule has 0 radical (unpaired) electrons. The first kappa shape index (κ1) is 15.3. The van der Waals surface area contributed by atoms with E-state index in [1.54, 1.807) is 12.3 Å². The molecule has 0 bridgehead atoms. The predicted octanol–water partition coefficient (Wildman–Crippen LogP) is 2.93. The van der Waals surface area contributed by atoms with Gasteiger partial charge in [-0.3, -0.25) is 0 Å². The maximum Gasteiger partial charge on any atom is 0.0429 e. The lowest BCUT2D eigenvalue weighted by Gasteiger charge is -2.25. The average molecular weight is 286 g/mol. The van der Waals surface area contributed by atoms with E-state index in [2.05, 4.69) is 17.9 Å². The number of halogens is 1. The van der Waals surface area contributed by atoms with Crippen LogP contribution in [0.4, 0.5) is 5.69 Å². The molecule has 0 unspecified atom stereocenters. The molecule has 5 heteroatoms. The first-order chi connectivity index (χ1) is 8.72. The Morgan fingerprint density at radius 3 is 2.56 bits per heavy atom. The number of piperidine rings is 1. The van der Waals surface area contributed by atoms with E-state index in [1.807, 2.05) is 6.07 Å². The zero-order chi connectivity index (χ0) is 13.5. The van der Waals surface area contributed by atoms with Crippen molar-refractivity contribution in [2.75, 3.05) is 25.1 Å². The van der Waals surface area contributed by atoms with Gasteiger partial charge in [-0.25, -0.2) is 0 Å². The van der Waals surface area contributed by atoms with Crippen molar-refractivity contribution < 1.29 is 0 Å². The molecular weight excluding hydrogens is 266 g/mol. The smallest absolute Gasteiger partial charge is 0.0429 e. The third kappa shape index (κ3) is 3.64. The number of benzene rings is 1. The van der Waals surface area contributed by atoms with E-state index < -0.39 is 0 Å². The number of thiol groups is 1. The summed E-state index contributed by atoms with van der Waals surface area (Å²) in [5.74, 6) is 0.471. The van der Waals surface area contributed by atoms with Gasteiger partial charge in [0.25, 0.3) is 0 Å². The Hall–Kier alpha value is -0.710. The molecule has 18 heavy (non-hydrogen) atoms. The van der Waals surface area contributed by atoms with Gasteiger partial charge in [-0.1, -0.05) is 11.6 Å². The molecule has 2 rings (SSSR count). The monoisotopic (exact) mass is 285 g/mol. The van der Waals surface area contributed by atoms with E-state index in [0.29, 0.717) is 16.6 Å². The summed E-state index contributed by atoms with van der Waals surface area (Å²) in [6.07, 6.45) is 5.20. The van der Waals surface area contributed by atoms with E-state index in [4.69, 9.17) is 22.7 Å². The van der Waals surface area contributed by atoms with Crippen LogP contribution in [0, 0.1) is 5.41 Å². The van der Waals surface area contributed by atoms with Crippen LogP contribution in [0.5, 0.6) is 0 Å². The summed E-state index contributed by atoms with van der Waals surface area (Å²) >= 11 is 9.56. The molecule has 0 amide bonds. The molecule has 100 valence electrons. The van der Waals surface area contributed by atoms with Gasteiger partial charge in [-0.05, 0) is 55.8 Å². The molecule has 0 atom stereocenters. The normalized spacial score (nSPS) is 15.7. The van der Waals surface area contributed by atoms with Gasteiger partial charge in [0.1, 0.15) is 0 Å². The van der Waals surface area contributed by atoms with Crippen LogP contribution in [0.3, 0.4) is 0 Å². The molecule has 1 aromatic rings. The van der Waals surface area contributed by atoms with E-state index >= 15 is 0 Å². The molecule has 0 aromatic heterocycles. The van der Waals surface area contributed by atoms with Crippen molar-refractivity contribution in [2.24, 2.45) is 0 Å². The maximum atomic E-state index is 7.45. The minimum absolute atomic E-state index is 0.471. The van der Waals surface area contributed by atoms with Gasteiger partial charge >= 0.3 is 0 Å². The minimum atomic E-state index is 0.471. The molecule has 4 N–H and O–H groups in total. The fourth-order valence-corrected chi connectivity index (χ4v) is 2.53. The molecule has 3 nitrogen and oxygen atoms in total. The summed E-state index contributed by atoms with van der Waals surface area (Å²) in [5, 5.41) is 11.4. The second-order valence-corrected chi connectivity index (χ2v) is 4.60. The lowest BCUT2D eigenvalue weighted by Crippen LogP contribution is -2.27. The number of nitrogens with two attached hydrogens (primary N) is 1. The molecule has 1 aliphatic rings. The topological polar surface area (TPSA) is 61.9 Å². The molecule has 0 spiro atoms. The van der Waals surface area contributed by atoms with Gasteiger partial charge in [-0.2, -0.15) is 12.6 Å². The van der Waals surface area contributed by atoms with Crippen LogP contribution in [0.25, 0.3) is 0 Å². The second-order valence-electron chi connectivity index (χ2n) is 4.17. The van der Waals surface area contributed by atoms with Crippen molar-refractivity contribution in [3.8, 4) is 0 Å². The van der Waals surface area contributed by atoms with Crippen LogP contribution in [0.2, 0.25) is 5.02 Å². The van der Waals surface area contributed by atoms with Gasteiger partial charge in [0.05, 0.1) is 0 Å². The largest absolute Gasteiger partial charge is 0.398 e. The Morgan fingerprint density at radius 1 is 1.39 bits per heavy atom. The first-order valence-corrected chi connectivity index (χ1v) is 7.24. The number of rotatable bonds is 2. The van der Waals surface area contributed by atoms with Crippen LogP contribution in [0.1, 0.15) is 29.9 Å². The van der Waals surface area contributed by atoms with E-state index in [-0.39, 0.29) is 0 Å². The molecule has 1 aromatic carbocycles. The van der Waals surface area contributed by atoms with Gasteiger partial charge in [0.2, 0.25) is 0 Å². The number of nitrogen functional groups attached to an aromatic ring is 1. The highest BCUT2D eigenvalue weighted by Gasteiger charge is 2.19. The molecule has 1 aliphatic heterocycles. The number of nitrogens with one attached hydrogen (secondary N) is 2. The predicted molar refractivity (Wildman–Crippen MR) is 83.5 cm³/mol. The van der Waals surface area contributed by atoms with Crippen LogP contribution in [-0.2, 0) is 0 Å². The fourth-order valence-electron chi connectivity index (χ4n) is 2.30. The van der Waals surface area contributed by atoms with Gasteiger partial charge in [0.15, 0.2) is 0 Å². The zero-order valence-electron chi connectivity index (χ0n) is 10.5. The van der Waals surface area contributed by atoms with Crippen LogP contribution in [-0.4, -0.2) is 25.6 Å². The highest BCUT2D eigenvalue weighted by Crippen LogP contribution is 2.32. The van der Waals surface area contributed by atoms with E-state index in [9.17, 15) is 0 Å². The highest BCUT2D eigenvalue weighted by atomic mass is 35.5. The third-order valence-corrected chi connectivity index (χ3v) is 3.35. The first-order valence-electron chi connectivity index (χ1n) is 5.97. The van der Waals surface area contributed by atoms with Crippen molar-refractivity contribution in [2.45, 2.75) is 18.8 Å². The fraction of sp³-hybridized carbons (Fsp3) is 0.462. The Morgan fingerprint density at radius 2 is 2.00 bits per heavy atom. The Labute approximate surface area is 119 Å². The summed E-state index contributed by atoms with van der Waals surface area (Å²) in [4.78, 5) is 0. The molecule has 0 saturated carbocycles. The second kappa shape index (κ2) is 7.67. The lowest BCUT2D eigenvalue weighted by molar-refractivity contribution is 0.460. The molecular formula is C13H20ClN3S. The summed E-state index contributed by atoms with van der Waals surface area (Å²) in [5.41, 5.74) is 8.45. The van der Waals surface area contributed by atoms with E-state index in [0.717, 1.165) is 37.1 Å². The van der Waals surface area contributed by atoms with Gasteiger partial charge in [-0.15, -0.1) is 0 Å². The Bertz CT molecular complexity index is 403. The number of anilines is 1. The van der Waals surface area contributed by atoms with Crippen LogP contribution >= 0.6 is 24.2 Å². The van der Waals surface area contributed by atoms with E-state index in [1.165, 1.54) is 6.21 Å². The lowest BCUT2D eigenvalue weighted by atomic mass is 9.87. The zero-order valence-corrected chi connectivity index (χ0v) is 12.2. The quantitative estimate of drug-likeness (QED) is 0.384. The Kier molecular flexibility index (Phi) is 6.54. The number of hydrogen-bond donors (Lipinski definition) is 4. The van der Waals surface area contributed by atoms with Gasteiger partial charge in [0, 0.05) is 22.5 Å². The molecule has 1 heterocycles. The molecule has 1 fully saturated rings. The Balaban J connectivity index is 0.000000771. The summed E-state index contributed by atoms with van der Waals surface area (Å²) in [6, 6.07) is 3.67. The maximum absolute atomic E-state index is 7.45. The summed E-state index contributed by atoms with van der Waals surface area (Å²) in [6.45, 7) is 2.04. The standard InChI is InChI=1S/C12H16ClN3.CH4S/c13-9-5-10(8-1-3-16-4-2-8)11(7-14)12(15)6-9;1-2/h5-8,14,16H,1-4,15H2;2H,1H3. The molecule has 0 aliphatic carbocycles. The minimum Gasteiger partial charge on any atom is -0.398 e. The third-order valence-electron chi connectivity index (χ3n) is 3.13. The highest BCUT2D eigenvalue weighted by molar-refractivity contribution is 7.79. The average Bonchev–Trinajstić information content (AvgIpc) is 2.41. The van der Waals surface area contributed by atoms with Crippen molar-refractivity contribution in [3.63, 3.8) is 0 Å². The summed E-state index contributed by atoms with van der Waals surface area (Å²) in [7, 11) is 0. The van der Waals surface area contributed by atoms with Crippen molar-refractivity contribution >= 4 is 36.1 Å². The molecule has 1 saturated heterocycles. The van der Waals surface area contributed by atoms with Crippen molar-refractivity contribution in [1.29, 1.82) is 5.41 Å². The van der Waals surface area contributed by atoms with Crippen molar-refractivity contribution in [3.05, 3.63) is 28.3 Å². The van der Waals surface area contributed by atoms with Crippen LogP contribution in [0.15, 0.2) is 12.1 Å².